The number of nitrogens with zero attached hydrogens (tertiary/aromatic N) is 2. The number of aromatic nitrogens is 1. The maximum Gasteiger partial charge on any atom is 0.337 e. The zero-order valence-electron chi connectivity index (χ0n) is 13.4. The normalized spacial score (nSPS) is 10.9. The fourth-order valence-corrected chi connectivity index (χ4v) is 2.42. The first-order chi connectivity index (χ1) is 12.1. The van der Waals surface area contributed by atoms with Crippen LogP contribution in [0.25, 0.3) is 23.1 Å². The Hall–Kier alpha value is -3.54. The van der Waals surface area contributed by atoms with Crippen molar-refractivity contribution in [3.8, 4) is 0 Å². The molecule has 124 valence electrons. The number of benzene rings is 2. The standard InChI is InChI=1S/C19H14N2O4/c1-25-19(22)15-8-5-13(6-9-15)7-11-16-12-10-14-3-2-4-17(21(23)24)18(14)20-16/h2-12H,1H3/b11-7+. The highest BCUT2D eigenvalue weighted by Crippen LogP contribution is 2.24. The molecule has 0 fully saturated rings. The highest BCUT2D eigenvalue weighted by atomic mass is 16.6. The Bertz CT molecular complexity index is 978. The van der Waals surface area contributed by atoms with Gasteiger partial charge in [-0.1, -0.05) is 36.4 Å². The van der Waals surface area contributed by atoms with Crippen LogP contribution in [-0.2, 0) is 4.74 Å². The number of rotatable bonds is 4. The van der Waals surface area contributed by atoms with E-state index in [0.29, 0.717) is 22.2 Å². The minimum absolute atomic E-state index is 0.0184. The molecular weight excluding hydrogens is 320 g/mol. The summed E-state index contributed by atoms with van der Waals surface area (Å²) in [4.78, 5) is 26.5. The van der Waals surface area contributed by atoms with Crippen molar-refractivity contribution >= 4 is 34.7 Å². The number of para-hydroxylation sites is 1. The maximum atomic E-state index is 11.4. The number of hydrogen-bond donors (Lipinski definition) is 0. The van der Waals surface area contributed by atoms with Gasteiger partial charge >= 0.3 is 5.97 Å². The van der Waals surface area contributed by atoms with Gasteiger partial charge in [-0.3, -0.25) is 10.1 Å². The van der Waals surface area contributed by atoms with E-state index in [9.17, 15) is 14.9 Å². The Morgan fingerprint density at radius 2 is 1.84 bits per heavy atom. The lowest BCUT2D eigenvalue weighted by Crippen LogP contribution is -2.00. The number of carbonyl (C=O) groups excluding carboxylic acids is 1. The second-order valence-corrected chi connectivity index (χ2v) is 5.29. The van der Waals surface area contributed by atoms with Crippen LogP contribution in [0.3, 0.4) is 0 Å². The number of ether oxygens (including phenoxy) is 1. The first kappa shape index (κ1) is 16.3. The van der Waals surface area contributed by atoms with Gasteiger partial charge < -0.3 is 4.74 Å². The summed E-state index contributed by atoms with van der Waals surface area (Å²) in [5.41, 5.74) is 2.29. The lowest BCUT2D eigenvalue weighted by molar-refractivity contribution is -0.383. The van der Waals surface area contributed by atoms with E-state index >= 15 is 0 Å². The number of nitro benzene ring substituents is 1. The largest absolute Gasteiger partial charge is 0.465 e. The molecule has 0 saturated heterocycles. The lowest BCUT2D eigenvalue weighted by Gasteiger charge is -2.01. The summed E-state index contributed by atoms with van der Waals surface area (Å²) in [7, 11) is 1.33. The van der Waals surface area contributed by atoms with Crippen LogP contribution in [0.2, 0.25) is 0 Å². The Labute approximate surface area is 143 Å². The van der Waals surface area contributed by atoms with Gasteiger partial charge in [0.05, 0.1) is 23.3 Å². The maximum absolute atomic E-state index is 11.4. The Morgan fingerprint density at radius 3 is 2.52 bits per heavy atom. The van der Waals surface area contributed by atoms with Gasteiger partial charge in [0, 0.05) is 11.5 Å². The molecule has 0 unspecified atom stereocenters. The zero-order chi connectivity index (χ0) is 17.8. The molecule has 1 heterocycles. The van der Waals surface area contributed by atoms with Crippen molar-refractivity contribution in [3.63, 3.8) is 0 Å². The topological polar surface area (TPSA) is 82.3 Å². The summed E-state index contributed by atoms with van der Waals surface area (Å²) in [5.74, 6) is -0.390. The Kier molecular flexibility index (Phi) is 4.52. The zero-order valence-corrected chi connectivity index (χ0v) is 13.4. The third kappa shape index (κ3) is 3.53. The molecule has 25 heavy (non-hydrogen) atoms. The molecule has 0 aliphatic carbocycles. The minimum atomic E-state index is -0.436. The molecular formula is C19H14N2O4. The first-order valence-corrected chi connectivity index (χ1v) is 7.49. The quantitative estimate of drug-likeness (QED) is 0.407. The first-order valence-electron chi connectivity index (χ1n) is 7.49. The summed E-state index contributed by atoms with van der Waals surface area (Å²) in [6.07, 6.45) is 3.59. The van der Waals surface area contributed by atoms with Crippen LogP contribution >= 0.6 is 0 Å². The Morgan fingerprint density at radius 1 is 1.08 bits per heavy atom. The monoisotopic (exact) mass is 334 g/mol. The summed E-state index contributed by atoms with van der Waals surface area (Å²) < 4.78 is 4.65. The van der Waals surface area contributed by atoms with Gasteiger partial charge in [-0.05, 0) is 29.8 Å². The van der Waals surface area contributed by atoms with Gasteiger partial charge in [-0.2, -0.15) is 0 Å². The molecule has 0 saturated carbocycles. The van der Waals surface area contributed by atoms with Crippen molar-refractivity contribution in [2.24, 2.45) is 0 Å². The van der Waals surface area contributed by atoms with Gasteiger partial charge in [0.1, 0.15) is 5.52 Å². The van der Waals surface area contributed by atoms with E-state index in [1.165, 1.54) is 13.2 Å². The van der Waals surface area contributed by atoms with Gasteiger partial charge in [-0.25, -0.2) is 9.78 Å². The van der Waals surface area contributed by atoms with Gasteiger partial charge in [0.25, 0.3) is 5.69 Å². The third-order valence-corrected chi connectivity index (χ3v) is 3.70. The van der Waals surface area contributed by atoms with Crippen LogP contribution in [-0.4, -0.2) is 23.0 Å². The summed E-state index contributed by atoms with van der Waals surface area (Å²) in [5, 5.41) is 11.8. The van der Waals surface area contributed by atoms with Crippen molar-refractivity contribution < 1.29 is 14.5 Å². The number of non-ortho nitro benzene ring substituents is 1. The van der Waals surface area contributed by atoms with Gasteiger partial charge in [0.2, 0.25) is 0 Å². The molecule has 1 aromatic heterocycles. The van der Waals surface area contributed by atoms with E-state index in [-0.39, 0.29) is 11.7 Å². The predicted molar refractivity (Wildman–Crippen MR) is 95.1 cm³/mol. The third-order valence-electron chi connectivity index (χ3n) is 3.70. The number of hydrogen-bond acceptors (Lipinski definition) is 5. The lowest BCUT2D eigenvalue weighted by atomic mass is 10.1. The fraction of sp³-hybridized carbons (Fsp3) is 0.0526. The van der Waals surface area contributed by atoms with Crippen LogP contribution in [0.1, 0.15) is 21.6 Å². The Balaban J connectivity index is 1.89. The summed E-state index contributed by atoms with van der Waals surface area (Å²) in [6.45, 7) is 0. The summed E-state index contributed by atoms with van der Waals surface area (Å²) >= 11 is 0. The van der Waals surface area contributed by atoms with Crippen LogP contribution in [0.15, 0.2) is 54.6 Å². The highest BCUT2D eigenvalue weighted by molar-refractivity contribution is 5.90. The van der Waals surface area contributed by atoms with Gasteiger partial charge in [0.15, 0.2) is 0 Å². The second kappa shape index (κ2) is 6.92. The van der Waals surface area contributed by atoms with Gasteiger partial charge in [-0.15, -0.1) is 0 Å². The van der Waals surface area contributed by atoms with E-state index in [1.54, 1.807) is 54.6 Å². The number of nitro groups is 1. The molecule has 0 spiro atoms. The fourth-order valence-electron chi connectivity index (χ4n) is 2.42. The average molecular weight is 334 g/mol. The SMILES string of the molecule is COC(=O)c1ccc(/C=C/c2ccc3cccc([N+](=O)[O-])c3n2)cc1. The molecule has 0 N–H and O–H groups in total. The van der Waals surface area contributed by atoms with Crippen molar-refractivity contribution in [3.05, 3.63) is 81.5 Å². The van der Waals surface area contributed by atoms with E-state index < -0.39 is 4.92 Å². The molecule has 6 nitrogen and oxygen atoms in total. The average Bonchev–Trinajstić information content (AvgIpc) is 2.65. The van der Waals surface area contributed by atoms with E-state index in [2.05, 4.69) is 9.72 Å². The molecule has 2 aromatic carbocycles. The van der Waals surface area contributed by atoms with Crippen LogP contribution < -0.4 is 0 Å². The highest BCUT2D eigenvalue weighted by Gasteiger charge is 2.12. The molecule has 0 radical (unpaired) electrons. The molecule has 0 atom stereocenters. The smallest absolute Gasteiger partial charge is 0.337 e. The van der Waals surface area contributed by atoms with Crippen LogP contribution in [0.4, 0.5) is 5.69 Å². The van der Waals surface area contributed by atoms with Crippen LogP contribution in [0.5, 0.6) is 0 Å². The molecule has 0 aliphatic rings. The molecule has 0 aliphatic heterocycles. The molecule has 3 rings (SSSR count). The number of esters is 1. The van der Waals surface area contributed by atoms with Crippen LogP contribution in [0, 0.1) is 10.1 Å². The van der Waals surface area contributed by atoms with Crippen molar-refractivity contribution in [2.75, 3.05) is 7.11 Å². The number of carbonyl (C=O) groups is 1. The number of pyridine rings is 1. The second-order valence-electron chi connectivity index (χ2n) is 5.29. The molecule has 6 heteroatoms. The predicted octanol–water partition coefficient (Wildman–Crippen LogP) is 4.10. The van der Waals surface area contributed by atoms with Crippen molar-refractivity contribution in [1.29, 1.82) is 0 Å². The van der Waals surface area contributed by atoms with E-state index in [4.69, 9.17) is 0 Å². The molecule has 0 bridgehead atoms. The van der Waals surface area contributed by atoms with Crippen molar-refractivity contribution in [2.45, 2.75) is 0 Å². The van der Waals surface area contributed by atoms with E-state index in [0.717, 1.165) is 5.56 Å². The number of fused-ring (bicyclic) bond motifs is 1. The molecule has 3 aromatic rings. The number of methoxy groups -OCH3 is 1. The molecule has 0 amide bonds. The minimum Gasteiger partial charge on any atom is -0.465 e. The van der Waals surface area contributed by atoms with Crippen molar-refractivity contribution in [1.82, 2.24) is 4.98 Å². The summed E-state index contributed by atoms with van der Waals surface area (Å²) in [6, 6.07) is 15.4. The van der Waals surface area contributed by atoms with E-state index in [1.807, 2.05) is 6.08 Å².